The van der Waals surface area contributed by atoms with Crippen LogP contribution in [0.15, 0.2) is 42.5 Å². The first-order valence-corrected chi connectivity index (χ1v) is 8.55. The fourth-order valence-electron chi connectivity index (χ4n) is 2.23. The van der Waals surface area contributed by atoms with Crippen LogP contribution in [0, 0.1) is 6.92 Å². The molecular formula is C19H22ClN3O3. The zero-order valence-corrected chi connectivity index (χ0v) is 15.5. The number of anilines is 2. The van der Waals surface area contributed by atoms with Crippen LogP contribution in [0.5, 0.6) is 0 Å². The zero-order chi connectivity index (χ0) is 18.9. The number of hydrogen-bond acceptors (Lipinski definition) is 4. The Morgan fingerprint density at radius 2 is 1.85 bits per heavy atom. The molecule has 0 aromatic heterocycles. The molecule has 0 fully saturated rings. The van der Waals surface area contributed by atoms with Crippen molar-refractivity contribution < 1.29 is 14.3 Å². The lowest BCUT2D eigenvalue weighted by Gasteiger charge is -2.11. The molecule has 0 aliphatic carbocycles. The van der Waals surface area contributed by atoms with Crippen LogP contribution < -0.4 is 16.0 Å². The molecule has 2 aromatic rings. The SMILES string of the molecule is COCCNC(=O)c1ccc(NCC(=O)Nc2cccc(Cl)c2C)cc1. The Kier molecular flexibility index (Phi) is 7.44. The Balaban J connectivity index is 1.84. The Hall–Kier alpha value is -2.57. The lowest BCUT2D eigenvalue weighted by Crippen LogP contribution is -2.26. The molecule has 0 unspecified atom stereocenters. The van der Waals surface area contributed by atoms with E-state index in [4.69, 9.17) is 16.3 Å². The number of hydrogen-bond donors (Lipinski definition) is 3. The van der Waals surface area contributed by atoms with Gasteiger partial charge < -0.3 is 20.7 Å². The number of amides is 2. The van der Waals surface area contributed by atoms with Crippen molar-refractivity contribution in [2.45, 2.75) is 6.92 Å². The van der Waals surface area contributed by atoms with E-state index >= 15 is 0 Å². The molecule has 0 saturated heterocycles. The van der Waals surface area contributed by atoms with Gasteiger partial charge in [0.15, 0.2) is 0 Å². The third-order valence-corrected chi connectivity index (χ3v) is 4.14. The van der Waals surface area contributed by atoms with Gasteiger partial charge in [-0.05, 0) is 48.9 Å². The topological polar surface area (TPSA) is 79.5 Å². The maximum Gasteiger partial charge on any atom is 0.251 e. The van der Waals surface area contributed by atoms with Gasteiger partial charge in [-0.3, -0.25) is 9.59 Å². The van der Waals surface area contributed by atoms with Gasteiger partial charge in [-0.1, -0.05) is 17.7 Å². The number of ether oxygens (including phenoxy) is 1. The summed E-state index contributed by atoms with van der Waals surface area (Å²) in [6, 6.07) is 12.3. The molecule has 2 rings (SSSR count). The first-order valence-electron chi connectivity index (χ1n) is 8.17. The van der Waals surface area contributed by atoms with Crippen LogP contribution in [0.25, 0.3) is 0 Å². The highest BCUT2D eigenvalue weighted by Crippen LogP contribution is 2.22. The number of halogens is 1. The van der Waals surface area contributed by atoms with E-state index in [1.54, 1.807) is 49.6 Å². The third-order valence-electron chi connectivity index (χ3n) is 3.73. The maximum absolute atomic E-state index is 12.1. The Morgan fingerprint density at radius 3 is 2.54 bits per heavy atom. The summed E-state index contributed by atoms with van der Waals surface area (Å²) in [4.78, 5) is 24.0. The third kappa shape index (κ3) is 5.75. The van der Waals surface area contributed by atoms with E-state index in [-0.39, 0.29) is 18.4 Å². The lowest BCUT2D eigenvalue weighted by atomic mass is 10.2. The fraction of sp³-hybridized carbons (Fsp3) is 0.263. The maximum atomic E-state index is 12.1. The van der Waals surface area contributed by atoms with E-state index in [1.165, 1.54) is 0 Å². The molecule has 0 heterocycles. The van der Waals surface area contributed by atoms with Crippen LogP contribution in [-0.2, 0) is 9.53 Å². The molecule has 0 bridgehead atoms. The van der Waals surface area contributed by atoms with E-state index in [2.05, 4.69) is 16.0 Å². The second kappa shape index (κ2) is 9.79. The minimum absolute atomic E-state index is 0.103. The summed E-state index contributed by atoms with van der Waals surface area (Å²) in [6.07, 6.45) is 0. The summed E-state index contributed by atoms with van der Waals surface area (Å²) in [5, 5.41) is 9.19. The molecule has 2 aromatic carbocycles. The van der Waals surface area contributed by atoms with Gasteiger partial charge in [-0.2, -0.15) is 0 Å². The average Bonchev–Trinajstić information content (AvgIpc) is 2.64. The number of rotatable bonds is 8. The van der Waals surface area contributed by atoms with Gasteiger partial charge in [0, 0.05) is 35.6 Å². The summed E-state index contributed by atoms with van der Waals surface area (Å²) >= 11 is 6.04. The van der Waals surface area contributed by atoms with E-state index in [1.807, 2.05) is 6.92 Å². The van der Waals surface area contributed by atoms with Crippen molar-refractivity contribution in [1.82, 2.24) is 5.32 Å². The monoisotopic (exact) mass is 375 g/mol. The average molecular weight is 376 g/mol. The van der Waals surface area contributed by atoms with Crippen LogP contribution >= 0.6 is 11.6 Å². The van der Waals surface area contributed by atoms with Crippen molar-refractivity contribution >= 4 is 34.8 Å². The van der Waals surface area contributed by atoms with Crippen molar-refractivity contribution in [2.24, 2.45) is 0 Å². The molecule has 6 nitrogen and oxygen atoms in total. The van der Waals surface area contributed by atoms with Crippen molar-refractivity contribution in [3.05, 3.63) is 58.6 Å². The molecule has 0 aliphatic rings. The lowest BCUT2D eigenvalue weighted by molar-refractivity contribution is -0.114. The van der Waals surface area contributed by atoms with E-state index < -0.39 is 0 Å². The van der Waals surface area contributed by atoms with Gasteiger partial charge in [-0.25, -0.2) is 0 Å². The van der Waals surface area contributed by atoms with E-state index in [0.29, 0.717) is 29.4 Å². The fourth-order valence-corrected chi connectivity index (χ4v) is 2.40. The van der Waals surface area contributed by atoms with Gasteiger partial charge in [-0.15, -0.1) is 0 Å². The van der Waals surface area contributed by atoms with Crippen LogP contribution in [0.3, 0.4) is 0 Å². The molecule has 3 N–H and O–H groups in total. The summed E-state index contributed by atoms with van der Waals surface area (Å²) in [5.41, 5.74) is 2.81. The van der Waals surface area contributed by atoms with Crippen LogP contribution in [0.1, 0.15) is 15.9 Å². The van der Waals surface area contributed by atoms with Crippen molar-refractivity contribution in [1.29, 1.82) is 0 Å². The highest BCUT2D eigenvalue weighted by Gasteiger charge is 2.08. The molecule has 2 amide bonds. The summed E-state index contributed by atoms with van der Waals surface area (Å²) in [5.74, 6) is -0.348. The number of benzene rings is 2. The normalized spacial score (nSPS) is 10.3. The largest absolute Gasteiger partial charge is 0.383 e. The molecular weight excluding hydrogens is 354 g/mol. The Morgan fingerprint density at radius 1 is 1.12 bits per heavy atom. The van der Waals surface area contributed by atoms with Crippen LogP contribution in [0.2, 0.25) is 5.02 Å². The quantitative estimate of drug-likeness (QED) is 0.619. The minimum atomic E-state index is -0.184. The molecule has 0 radical (unpaired) electrons. The summed E-state index contributed by atoms with van der Waals surface area (Å²) < 4.78 is 4.89. The molecule has 0 atom stereocenters. The van der Waals surface area contributed by atoms with Crippen molar-refractivity contribution in [2.75, 3.05) is 37.4 Å². The van der Waals surface area contributed by atoms with E-state index in [0.717, 1.165) is 11.3 Å². The second-order valence-electron chi connectivity index (χ2n) is 5.64. The second-order valence-corrected chi connectivity index (χ2v) is 6.05. The molecule has 0 saturated carbocycles. The van der Waals surface area contributed by atoms with Crippen molar-refractivity contribution in [3.63, 3.8) is 0 Å². The van der Waals surface area contributed by atoms with Gasteiger partial charge in [0.2, 0.25) is 5.91 Å². The predicted molar refractivity (Wildman–Crippen MR) is 104 cm³/mol. The minimum Gasteiger partial charge on any atom is -0.383 e. The van der Waals surface area contributed by atoms with Gasteiger partial charge in [0.05, 0.1) is 13.2 Å². The van der Waals surface area contributed by atoms with E-state index in [9.17, 15) is 9.59 Å². The number of carbonyl (C=O) groups is 2. The molecule has 138 valence electrons. The van der Waals surface area contributed by atoms with Crippen LogP contribution in [-0.4, -0.2) is 38.6 Å². The number of methoxy groups -OCH3 is 1. The predicted octanol–water partition coefficient (Wildman–Crippen LogP) is 3.08. The van der Waals surface area contributed by atoms with Crippen LogP contribution in [0.4, 0.5) is 11.4 Å². The number of nitrogens with one attached hydrogen (secondary N) is 3. The first-order chi connectivity index (χ1) is 12.5. The first kappa shape index (κ1) is 19.8. The van der Waals surface area contributed by atoms with Gasteiger partial charge in [0.1, 0.15) is 0 Å². The zero-order valence-electron chi connectivity index (χ0n) is 14.8. The standard InChI is InChI=1S/C19H22ClN3O3/c1-13-16(20)4-3-5-17(13)23-18(24)12-22-15-8-6-14(7-9-15)19(25)21-10-11-26-2/h3-9,22H,10-12H2,1-2H3,(H,21,25)(H,23,24). The van der Waals surface area contributed by atoms with Gasteiger partial charge >= 0.3 is 0 Å². The Bertz CT molecular complexity index is 763. The highest BCUT2D eigenvalue weighted by molar-refractivity contribution is 6.31. The molecule has 26 heavy (non-hydrogen) atoms. The summed E-state index contributed by atoms with van der Waals surface area (Å²) in [6.45, 7) is 2.87. The summed E-state index contributed by atoms with van der Waals surface area (Å²) in [7, 11) is 1.58. The molecule has 0 spiro atoms. The highest BCUT2D eigenvalue weighted by atomic mass is 35.5. The molecule has 7 heteroatoms. The smallest absolute Gasteiger partial charge is 0.251 e. The van der Waals surface area contributed by atoms with Gasteiger partial charge in [0.25, 0.3) is 5.91 Å². The number of carbonyl (C=O) groups excluding carboxylic acids is 2. The molecule has 0 aliphatic heterocycles. The van der Waals surface area contributed by atoms with Crippen molar-refractivity contribution in [3.8, 4) is 0 Å². The Labute approximate surface area is 157 Å².